The molecule has 7 heteroatoms. The van der Waals surface area contributed by atoms with Gasteiger partial charge in [0.05, 0.1) is 23.7 Å². The zero-order chi connectivity index (χ0) is 23.7. The van der Waals surface area contributed by atoms with Gasteiger partial charge < -0.3 is 4.90 Å². The summed E-state index contributed by atoms with van der Waals surface area (Å²) in [6, 6.07) is 18.0. The fourth-order valence-corrected chi connectivity index (χ4v) is 5.12. The molecule has 2 aromatic carbocycles. The van der Waals surface area contributed by atoms with Crippen molar-refractivity contribution in [2.45, 2.75) is 50.7 Å². The maximum atomic E-state index is 13.4. The van der Waals surface area contributed by atoms with Crippen LogP contribution in [0.4, 0.5) is 5.69 Å². The highest BCUT2D eigenvalue weighted by molar-refractivity contribution is 6.23. The van der Waals surface area contributed by atoms with Crippen LogP contribution in [-0.2, 0) is 20.9 Å². The van der Waals surface area contributed by atoms with Gasteiger partial charge in [0, 0.05) is 31.6 Å². The molecule has 1 saturated carbocycles. The Labute approximate surface area is 199 Å². The molecule has 1 aliphatic carbocycles. The second kappa shape index (κ2) is 9.40. The van der Waals surface area contributed by atoms with E-state index in [4.69, 9.17) is 5.26 Å². The van der Waals surface area contributed by atoms with Gasteiger partial charge >= 0.3 is 0 Å². The van der Waals surface area contributed by atoms with Crippen molar-refractivity contribution in [3.05, 3.63) is 65.7 Å². The maximum absolute atomic E-state index is 13.4. The van der Waals surface area contributed by atoms with Crippen molar-refractivity contribution in [3.8, 4) is 6.07 Å². The van der Waals surface area contributed by atoms with Crippen molar-refractivity contribution in [2.24, 2.45) is 5.92 Å². The number of amides is 3. The topological polar surface area (TPSA) is 84.7 Å². The molecule has 0 bridgehead atoms. The van der Waals surface area contributed by atoms with Gasteiger partial charge in [0.2, 0.25) is 11.8 Å². The summed E-state index contributed by atoms with van der Waals surface area (Å²) < 4.78 is 0. The quantitative estimate of drug-likeness (QED) is 0.624. The van der Waals surface area contributed by atoms with E-state index < -0.39 is 6.04 Å². The average Bonchev–Trinajstić information content (AvgIpc) is 3.67. The van der Waals surface area contributed by atoms with Gasteiger partial charge in [-0.2, -0.15) is 5.26 Å². The summed E-state index contributed by atoms with van der Waals surface area (Å²) in [6.07, 6.45) is 3.31. The van der Waals surface area contributed by atoms with Crippen LogP contribution >= 0.6 is 0 Å². The summed E-state index contributed by atoms with van der Waals surface area (Å²) in [6.45, 7) is 2.57. The number of anilines is 1. The number of carbonyl (C=O) groups is 3. The molecule has 5 rings (SSSR count). The van der Waals surface area contributed by atoms with Gasteiger partial charge in [-0.1, -0.05) is 30.3 Å². The summed E-state index contributed by atoms with van der Waals surface area (Å²) >= 11 is 0. The predicted molar refractivity (Wildman–Crippen MR) is 126 cm³/mol. The molecule has 0 spiro atoms. The number of benzene rings is 2. The minimum atomic E-state index is -0.748. The fourth-order valence-electron chi connectivity index (χ4n) is 5.12. The van der Waals surface area contributed by atoms with Crippen molar-refractivity contribution in [1.82, 2.24) is 9.80 Å². The lowest BCUT2D eigenvalue weighted by atomic mass is 9.99. The zero-order valence-electron chi connectivity index (χ0n) is 19.1. The Morgan fingerprint density at radius 2 is 1.65 bits per heavy atom. The molecule has 174 valence electrons. The van der Waals surface area contributed by atoms with E-state index in [9.17, 15) is 14.4 Å². The van der Waals surface area contributed by atoms with Gasteiger partial charge in [-0.15, -0.1) is 0 Å². The molecular formula is C27H28N4O3. The molecule has 1 unspecified atom stereocenters. The summed E-state index contributed by atoms with van der Waals surface area (Å²) in [5, 5.41) is 9.03. The number of likely N-dealkylation sites (tertiary alicyclic amines) is 1. The SMILES string of the molecule is N#Cc1ccc(N2C(=O)CC(N(C(=O)C3CC3)C3CCN(Cc4ccccc4)CC3)C2=O)cc1. The highest BCUT2D eigenvalue weighted by Crippen LogP contribution is 2.36. The highest BCUT2D eigenvalue weighted by Gasteiger charge is 2.49. The Balaban J connectivity index is 1.31. The molecule has 3 aliphatic rings. The van der Waals surface area contributed by atoms with Gasteiger partial charge in [0.1, 0.15) is 6.04 Å². The number of carbonyl (C=O) groups excluding carboxylic acids is 3. The Morgan fingerprint density at radius 3 is 2.26 bits per heavy atom. The Kier molecular flexibility index (Phi) is 6.16. The number of hydrogen-bond donors (Lipinski definition) is 0. The van der Waals surface area contributed by atoms with Gasteiger partial charge in [0.25, 0.3) is 5.91 Å². The van der Waals surface area contributed by atoms with Crippen molar-refractivity contribution in [3.63, 3.8) is 0 Å². The molecule has 7 nitrogen and oxygen atoms in total. The van der Waals surface area contributed by atoms with Crippen LogP contribution in [-0.4, -0.2) is 52.7 Å². The molecule has 34 heavy (non-hydrogen) atoms. The molecule has 2 aliphatic heterocycles. The molecule has 2 aromatic rings. The molecular weight excluding hydrogens is 428 g/mol. The van der Waals surface area contributed by atoms with Crippen molar-refractivity contribution in [2.75, 3.05) is 18.0 Å². The normalized spacial score (nSPS) is 21.5. The molecule has 3 amide bonds. The first-order chi connectivity index (χ1) is 16.5. The van der Waals surface area contributed by atoms with Gasteiger partial charge in [-0.05, 0) is 55.5 Å². The van der Waals surface area contributed by atoms with Crippen molar-refractivity contribution in [1.29, 1.82) is 5.26 Å². The second-order valence-electron chi connectivity index (χ2n) is 9.46. The lowest BCUT2D eigenvalue weighted by Gasteiger charge is -2.41. The molecule has 0 N–H and O–H groups in total. The summed E-state index contributed by atoms with van der Waals surface area (Å²) in [5.74, 6) is -0.631. The minimum absolute atomic E-state index is 0.0154. The first kappa shape index (κ1) is 22.3. The third kappa shape index (κ3) is 4.46. The Bertz CT molecular complexity index is 1110. The van der Waals surface area contributed by atoms with E-state index in [-0.39, 0.29) is 36.1 Å². The predicted octanol–water partition coefficient (Wildman–Crippen LogP) is 3.09. The van der Waals surface area contributed by atoms with Crippen LogP contribution in [0.2, 0.25) is 0 Å². The average molecular weight is 457 g/mol. The minimum Gasteiger partial charge on any atom is -0.327 e. The maximum Gasteiger partial charge on any atom is 0.257 e. The molecule has 0 aromatic heterocycles. The Morgan fingerprint density at radius 1 is 0.971 bits per heavy atom. The van der Waals surface area contributed by atoms with Crippen LogP contribution in [0.25, 0.3) is 0 Å². The summed E-state index contributed by atoms with van der Waals surface area (Å²) in [4.78, 5) is 45.0. The van der Waals surface area contributed by atoms with Crippen LogP contribution in [0, 0.1) is 17.2 Å². The second-order valence-corrected chi connectivity index (χ2v) is 9.46. The largest absolute Gasteiger partial charge is 0.327 e. The first-order valence-corrected chi connectivity index (χ1v) is 12.0. The fraction of sp³-hybridized carbons (Fsp3) is 0.407. The van der Waals surface area contributed by atoms with Gasteiger partial charge in [-0.3, -0.25) is 19.3 Å². The molecule has 1 atom stereocenters. The smallest absolute Gasteiger partial charge is 0.257 e. The van der Waals surface area contributed by atoms with Crippen LogP contribution in [0.5, 0.6) is 0 Å². The standard InChI is InChI=1S/C27H28N4O3/c28-17-19-6-10-22(11-7-19)31-25(32)16-24(27(31)34)30(26(33)21-8-9-21)23-12-14-29(15-13-23)18-20-4-2-1-3-5-20/h1-7,10-11,21,23-24H,8-9,12-16,18H2. The number of hydrogen-bond acceptors (Lipinski definition) is 5. The van der Waals surface area contributed by atoms with Crippen LogP contribution in [0.1, 0.15) is 43.2 Å². The number of imide groups is 1. The van der Waals surface area contributed by atoms with Crippen LogP contribution in [0.3, 0.4) is 0 Å². The third-order valence-corrected chi connectivity index (χ3v) is 7.09. The number of piperidine rings is 1. The molecule has 2 saturated heterocycles. The van der Waals surface area contributed by atoms with E-state index in [0.717, 1.165) is 45.3 Å². The van der Waals surface area contributed by atoms with E-state index in [1.165, 1.54) is 10.5 Å². The lowest BCUT2D eigenvalue weighted by Crippen LogP contribution is -2.54. The molecule has 3 fully saturated rings. The third-order valence-electron chi connectivity index (χ3n) is 7.09. The zero-order valence-corrected chi connectivity index (χ0v) is 19.1. The van der Waals surface area contributed by atoms with Gasteiger partial charge in [0.15, 0.2) is 0 Å². The van der Waals surface area contributed by atoms with Crippen LogP contribution in [0.15, 0.2) is 54.6 Å². The summed E-state index contributed by atoms with van der Waals surface area (Å²) in [5.41, 5.74) is 2.18. The first-order valence-electron chi connectivity index (χ1n) is 12.0. The van der Waals surface area contributed by atoms with Gasteiger partial charge in [-0.25, -0.2) is 4.90 Å². The highest BCUT2D eigenvalue weighted by atomic mass is 16.2. The Hall–Kier alpha value is -3.50. The van der Waals surface area contributed by atoms with E-state index in [1.807, 2.05) is 24.3 Å². The van der Waals surface area contributed by atoms with E-state index in [0.29, 0.717) is 11.3 Å². The van der Waals surface area contributed by atoms with Crippen molar-refractivity contribution >= 4 is 23.4 Å². The van der Waals surface area contributed by atoms with E-state index >= 15 is 0 Å². The molecule has 2 heterocycles. The monoisotopic (exact) mass is 456 g/mol. The number of nitrogens with zero attached hydrogens (tertiary/aromatic N) is 4. The van der Waals surface area contributed by atoms with Crippen molar-refractivity contribution < 1.29 is 14.4 Å². The lowest BCUT2D eigenvalue weighted by molar-refractivity contribution is -0.143. The van der Waals surface area contributed by atoms with E-state index in [1.54, 1.807) is 29.2 Å². The summed E-state index contributed by atoms with van der Waals surface area (Å²) in [7, 11) is 0. The number of nitriles is 1. The number of rotatable bonds is 6. The van der Waals surface area contributed by atoms with E-state index in [2.05, 4.69) is 17.0 Å². The molecule has 0 radical (unpaired) electrons. The van der Waals surface area contributed by atoms with Crippen LogP contribution < -0.4 is 4.90 Å².